The van der Waals surface area contributed by atoms with Gasteiger partial charge < -0.3 is 5.32 Å². The van der Waals surface area contributed by atoms with Crippen LogP contribution in [0.1, 0.15) is 24.1 Å². The highest BCUT2D eigenvalue weighted by atomic mass is 19.1. The SMILES string of the molecule is CCNC(Cc1cnn(C)c1)c1cncc(F)c1. The Kier molecular flexibility index (Phi) is 4.04. The van der Waals surface area contributed by atoms with Gasteiger partial charge in [-0.2, -0.15) is 5.10 Å². The van der Waals surface area contributed by atoms with E-state index in [1.807, 2.05) is 26.4 Å². The van der Waals surface area contributed by atoms with Crippen LogP contribution in [0.15, 0.2) is 30.9 Å². The number of rotatable bonds is 5. The lowest BCUT2D eigenvalue weighted by atomic mass is 10.0. The van der Waals surface area contributed by atoms with Gasteiger partial charge in [-0.1, -0.05) is 6.92 Å². The summed E-state index contributed by atoms with van der Waals surface area (Å²) in [5.74, 6) is -0.304. The fourth-order valence-electron chi connectivity index (χ4n) is 1.99. The molecule has 5 heteroatoms. The number of hydrogen-bond acceptors (Lipinski definition) is 3. The third kappa shape index (κ3) is 3.13. The van der Waals surface area contributed by atoms with Crippen LogP contribution in [0.3, 0.4) is 0 Å². The van der Waals surface area contributed by atoms with Crippen molar-refractivity contribution in [3.05, 3.63) is 47.8 Å². The quantitative estimate of drug-likeness (QED) is 0.878. The molecule has 1 atom stereocenters. The van der Waals surface area contributed by atoms with E-state index in [0.717, 1.165) is 24.1 Å². The highest BCUT2D eigenvalue weighted by Crippen LogP contribution is 2.18. The number of likely N-dealkylation sites (N-methyl/N-ethyl adjacent to an activating group) is 1. The third-order valence-corrected chi connectivity index (χ3v) is 2.78. The van der Waals surface area contributed by atoms with Crippen molar-refractivity contribution >= 4 is 0 Å². The van der Waals surface area contributed by atoms with Crippen LogP contribution in [0.4, 0.5) is 4.39 Å². The van der Waals surface area contributed by atoms with E-state index in [1.54, 1.807) is 10.9 Å². The van der Waals surface area contributed by atoms with Gasteiger partial charge in [-0.15, -0.1) is 0 Å². The van der Waals surface area contributed by atoms with Gasteiger partial charge in [0.2, 0.25) is 0 Å². The van der Waals surface area contributed by atoms with Crippen LogP contribution in [-0.2, 0) is 13.5 Å². The maximum Gasteiger partial charge on any atom is 0.141 e. The number of hydrogen-bond donors (Lipinski definition) is 1. The Bertz CT molecular complexity index is 509. The van der Waals surface area contributed by atoms with E-state index in [4.69, 9.17) is 0 Å². The predicted molar refractivity (Wildman–Crippen MR) is 67.5 cm³/mol. The molecule has 0 saturated carbocycles. The summed E-state index contributed by atoms with van der Waals surface area (Å²) >= 11 is 0. The van der Waals surface area contributed by atoms with Gasteiger partial charge in [-0.3, -0.25) is 9.67 Å². The number of nitrogens with one attached hydrogen (secondary N) is 1. The number of aryl methyl sites for hydroxylation is 1. The molecule has 2 heterocycles. The lowest BCUT2D eigenvalue weighted by Gasteiger charge is -2.17. The molecule has 0 aliphatic rings. The lowest BCUT2D eigenvalue weighted by Crippen LogP contribution is -2.23. The summed E-state index contributed by atoms with van der Waals surface area (Å²) in [6, 6.07) is 1.58. The fraction of sp³-hybridized carbons (Fsp3) is 0.385. The number of halogens is 1. The van der Waals surface area contributed by atoms with Crippen LogP contribution < -0.4 is 5.32 Å². The minimum atomic E-state index is -0.304. The lowest BCUT2D eigenvalue weighted by molar-refractivity contribution is 0.539. The first-order chi connectivity index (χ1) is 8.69. The van der Waals surface area contributed by atoms with Gasteiger partial charge >= 0.3 is 0 Å². The summed E-state index contributed by atoms with van der Waals surface area (Å²) in [6.07, 6.45) is 7.49. The summed E-state index contributed by atoms with van der Waals surface area (Å²) in [4.78, 5) is 3.90. The molecule has 2 aromatic rings. The van der Waals surface area contributed by atoms with Gasteiger partial charge in [0.05, 0.1) is 12.4 Å². The van der Waals surface area contributed by atoms with Gasteiger partial charge in [0.25, 0.3) is 0 Å². The molecule has 1 N–H and O–H groups in total. The van der Waals surface area contributed by atoms with Crippen molar-refractivity contribution in [1.29, 1.82) is 0 Å². The maximum atomic E-state index is 13.2. The van der Waals surface area contributed by atoms with Crippen LogP contribution >= 0.6 is 0 Å². The second-order valence-electron chi connectivity index (χ2n) is 4.27. The highest BCUT2D eigenvalue weighted by Gasteiger charge is 2.13. The maximum absolute atomic E-state index is 13.2. The van der Waals surface area contributed by atoms with Crippen LogP contribution in [0.2, 0.25) is 0 Å². The monoisotopic (exact) mass is 248 g/mol. The first-order valence-electron chi connectivity index (χ1n) is 6.00. The van der Waals surface area contributed by atoms with Crippen molar-refractivity contribution in [2.24, 2.45) is 7.05 Å². The molecule has 0 amide bonds. The Balaban J connectivity index is 2.17. The van der Waals surface area contributed by atoms with E-state index >= 15 is 0 Å². The Morgan fingerprint density at radius 2 is 2.22 bits per heavy atom. The van der Waals surface area contributed by atoms with E-state index in [9.17, 15) is 4.39 Å². The van der Waals surface area contributed by atoms with Crippen molar-refractivity contribution in [3.63, 3.8) is 0 Å². The van der Waals surface area contributed by atoms with Gasteiger partial charge in [-0.25, -0.2) is 4.39 Å². The van der Waals surface area contributed by atoms with Gasteiger partial charge in [0.15, 0.2) is 0 Å². The molecule has 0 aliphatic heterocycles. The van der Waals surface area contributed by atoms with Crippen molar-refractivity contribution < 1.29 is 4.39 Å². The van der Waals surface area contributed by atoms with Crippen LogP contribution in [-0.4, -0.2) is 21.3 Å². The van der Waals surface area contributed by atoms with E-state index in [2.05, 4.69) is 15.4 Å². The molecule has 0 radical (unpaired) electrons. The van der Waals surface area contributed by atoms with Crippen LogP contribution in [0.25, 0.3) is 0 Å². The van der Waals surface area contributed by atoms with Gasteiger partial charge in [-0.05, 0) is 30.2 Å². The second kappa shape index (κ2) is 5.73. The van der Waals surface area contributed by atoms with Crippen molar-refractivity contribution in [3.8, 4) is 0 Å². The van der Waals surface area contributed by atoms with E-state index in [-0.39, 0.29) is 11.9 Å². The van der Waals surface area contributed by atoms with Crippen molar-refractivity contribution in [1.82, 2.24) is 20.1 Å². The van der Waals surface area contributed by atoms with Crippen molar-refractivity contribution in [2.75, 3.05) is 6.54 Å². The van der Waals surface area contributed by atoms with E-state index in [0.29, 0.717) is 0 Å². The number of pyridine rings is 1. The highest BCUT2D eigenvalue weighted by molar-refractivity contribution is 5.19. The zero-order chi connectivity index (χ0) is 13.0. The zero-order valence-corrected chi connectivity index (χ0v) is 10.6. The molecule has 96 valence electrons. The Hall–Kier alpha value is -1.75. The van der Waals surface area contributed by atoms with Gasteiger partial charge in [0.1, 0.15) is 5.82 Å². The smallest absolute Gasteiger partial charge is 0.141 e. The standard InChI is InChI=1S/C13H17FN4/c1-3-16-13(4-10-6-17-18(2)9-10)11-5-12(14)8-15-7-11/h5-9,13,16H,3-4H2,1-2H3. The molecule has 1 unspecified atom stereocenters. The Morgan fingerprint density at radius 1 is 1.39 bits per heavy atom. The van der Waals surface area contributed by atoms with E-state index < -0.39 is 0 Å². The Morgan fingerprint density at radius 3 is 2.83 bits per heavy atom. The first-order valence-corrected chi connectivity index (χ1v) is 6.00. The molecule has 0 aliphatic carbocycles. The molecule has 0 spiro atoms. The average molecular weight is 248 g/mol. The predicted octanol–water partition coefficient (Wildman–Crippen LogP) is 1.85. The minimum Gasteiger partial charge on any atom is -0.310 e. The molecule has 0 bridgehead atoms. The molecule has 4 nitrogen and oxygen atoms in total. The van der Waals surface area contributed by atoms with Crippen LogP contribution in [0, 0.1) is 5.82 Å². The number of aromatic nitrogens is 3. The zero-order valence-electron chi connectivity index (χ0n) is 10.6. The van der Waals surface area contributed by atoms with Gasteiger partial charge in [0, 0.05) is 25.5 Å². The molecular formula is C13H17FN4. The first kappa shape index (κ1) is 12.7. The molecule has 18 heavy (non-hydrogen) atoms. The topological polar surface area (TPSA) is 42.7 Å². The molecule has 2 aromatic heterocycles. The van der Waals surface area contributed by atoms with Crippen molar-refractivity contribution in [2.45, 2.75) is 19.4 Å². The normalized spacial score (nSPS) is 12.6. The summed E-state index contributed by atoms with van der Waals surface area (Å²) in [5.41, 5.74) is 1.98. The average Bonchev–Trinajstić information content (AvgIpc) is 2.74. The molecule has 0 aromatic carbocycles. The molecule has 2 rings (SSSR count). The third-order valence-electron chi connectivity index (χ3n) is 2.78. The summed E-state index contributed by atoms with van der Waals surface area (Å²) < 4.78 is 15.0. The molecule has 0 saturated heterocycles. The fourth-order valence-corrected chi connectivity index (χ4v) is 1.99. The van der Waals surface area contributed by atoms with E-state index in [1.165, 1.54) is 12.3 Å². The van der Waals surface area contributed by atoms with Crippen LogP contribution in [0.5, 0.6) is 0 Å². The number of nitrogens with zero attached hydrogens (tertiary/aromatic N) is 3. The largest absolute Gasteiger partial charge is 0.310 e. The second-order valence-corrected chi connectivity index (χ2v) is 4.27. The molecule has 0 fully saturated rings. The summed E-state index contributed by atoms with van der Waals surface area (Å²) in [5, 5.41) is 7.48. The minimum absolute atomic E-state index is 0.0578. The Labute approximate surface area is 106 Å². The summed E-state index contributed by atoms with van der Waals surface area (Å²) in [7, 11) is 1.88. The molecular weight excluding hydrogens is 231 g/mol. The summed E-state index contributed by atoms with van der Waals surface area (Å²) in [6.45, 7) is 2.85.